The maximum absolute atomic E-state index is 12.9. The molecule has 0 spiro atoms. The van der Waals surface area contributed by atoms with Gasteiger partial charge in [0, 0.05) is 19.2 Å². The van der Waals surface area contributed by atoms with Crippen molar-refractivity contribution in [1.82, 2.24) is 0 Å². The van der Waals surface area contributed by atoms with E-state index in [-0.39, 0.29) is 11.9 Å². The number of nitrogens with zero attached hydrogens (tertiary/aromatic N) is 1. The van der Waals surface area contributed by atoms with Gasteiger partial charge in [0.15, 0.2) is 0 Å². The summed E-state index contributed by atoms with van der Waals surface area (Å²) in [7, 11) is -1.76. The Balaban J connectivity index is 1.94. The SMILES string of the molecule is COC1CCN(S(=O)(=O)Cc2cccc(C)c2)c2ccccc21. The van der Waals surface area contributed by atoms with Crippen molar-refractivity contribution >= 4 is 15.7 Å². The van der Waals surface area contributed by atoms with E-state index in [9.17, 15) is 8.42 Å². The summed E-state index contributed by atoms with van der Waals surface area (Å²) in [5, 5.41) is 0. The number of rotatable bonds is 4. The molecule has 0 aromatic heterocycles. The summed E-state index contributed by atoms with van der Waals surface area (Å²) in [4.78, 5) is 0. The molecule has 0 amide bonds. The van der Waals surface area contributed by atoms with Crippen LogP contribution >= 0.6 is 0 Å². The van der Waals surface area contributed by atoms with Gasteiger partial charge in [0.1, 0.15) is 0 Å². The van der Waals surface area contributed by atoms with Crippen molar-refractivity contribution in [3.63, 3.8) is 0 Å². The van der Waals surface area contributed by atoms with Gasteiger partial charge >= 0.3 is 0 Å². The molecule has 1 unspecified atom stereocenters. The van der Waals surface area contributed by atoms with Gasteiger partial charge in [-0.2, -0.15) is 0 Å². The highest BCUT2D eigenvalue weighted by Gasteiger charge is 2.31. The molecule has 1 heterocycles. The third-order valence-electron chi connectivity index (χ3n) is 4.20. The average molecular weight is 331 g/mol. The Hall–Kier alpha value is -1.85. The van der Waals surface area contributed by atoms with E-state index in [4.69, 9.17) is 4.74 Å². The normalized spacial score (nSPS) is 17.8. The minimum absolute atomic E-state index is 0.0145. The smallest absolute Gasteiger partial charge is 0.239 e. The van der Waals surface area contributed by atoms with Crippen LogP contribution in [0.2, 0.25) is 0 Å². The Bertz CT molecular complexity index is 801. The Morgan fingerprint density at radius 1 is 1.17 bits per heavy atom. The largest absolute Gasteiger partial charge is 0.377 e. The molecule has 2 aromatic carbocycles. The van der Waals surface area contributed by atoms with Crippen LogP contribution in [0.4, 0.5) is 5.69 Å². The quantitative estimate of drug-likeness (QED) is 0.862. The van der Waals surface area contributed by atoms with E-state index in [1.54, 1.807) is 7.11 Å². The molecular weight excluding hydrogens is 310 g/mol. The van der Waals surface area contributed by atoms with Crippen molar-refractivity contribution in [2.45, 2.75) is 25.2 Å². The number of aryl methyl sites for hydroxylation is 1. The third-order valence-corrected chi connectivity index (χ3v) is 5.95. The minimum Gasteiger partial charge on any atom is -0.377 e. The van der Waals surface area contributed by atoms with Crippen molar-refractivity contribution in [3.8, 4) is 0 Å². The lowest BCUT2D eigenvalue weighted by Gasteiger charge is -2.34. The zero-order chi connectivity index (χ0) is 16.4. The monoisotopic (exact) mass is 331 g/mol. The zero-order valence-corrected chi connectivity index (χ0v) is 14.2. The molecule has 1 atom stereocenters. The molecule has 0 fully saturated rings. The summed E-state index contributed by atoms with van der Waals surface area (Å²) in [6.07, 6.45) is 0.622. The molecule has 1 aliphatic rings. The molecule has 2 aromatic rings. The van der Waals surface area contributed by atoms with Crippen LogP contribution in [0, 0.1) is 6.92 Å². The molecule has 122 valence electrons. The first-order valence-electron chi connectivity index (χ1n) is 7.69. The first kappa shape index (κ1) is 16.0. The number of methoxy groups -OCH3 is 1. The maximum Gasteiger partial charge on any atom is 0.239 e. The Kier molecular flexibility index (Phi) is 4.41. The predicted octanol–water partition coefficient (Wildman–Crippen LogP) is 3.42. The van der Waals surface area contributed by atoms with E-state index in [1.807, 2.05) is 55.5 Å². The lowest BCUT2D eigenvalue weighted by molar-refractivity contribution is 0.0951. The fourth-order valence-electron chi connectivity index (χ4n) is 3.12. The van der Waals surface area contributed by atoms with E-state index in [2.05, 4.69) is 0 Å². The second kappa shape index (κ2) is 6.34. The van der Waals surface area contributed by atoms with Gasteiger partial charge < -0.3 is 4.74 Å². The van der Waals surface area contributed by atoms with Crippen molar-refractivity contribution in [2.75, 3.05) is 18.0 Å². The van der Waals surface area contributed by atoms with Crippen LogP contribution in [0.15, 0.2) is 48.5 Å². The van der Waals surface area contributed by atoms with Crippen LogP contribution in [-0.4, -0.2) is 22.1 Å². The Morgan fingerprint density at radius 2 is 1.96 bits per heavy atom. The van der Waals surface area contributed by atoms with Gasteiger partial charge in [-0.05, 0) is 25.0 Å². The van der Waals surface area contributed by atoms with Gasteiger partial charge in [-0.3, -0.25) is 4.31 Å². The molecule has 0 N–H and O–H groups in total. The lowest BCUT2D eigenvalue weighted by atomic mass is 10.0. The first-order chi connectivity index (χ1) is 11.0. The van der Waals surface area contributed by atoms with Crippen LogP contribution in [-0.2, 0) is 20.5 Å². The van der Waals surface area contributed by atoms with E-state index in [0.29, 0.717) is 13.0 Å². The second-order valence-corrected chi connectivity index (χ2v) is 7.78. The van der Waals surface area contributed by atoms with E-state index in [0.717, 1.165) is 22.4 Å². The lowest BCUT2D eigenvalue weighted by Crippen LogP contribution is -2.37. The van der Waals surface area contributed by atoms with Crippen molar-refractivity contribution in [3.05, 3.63) is 65.2 Å². The zero-order valence-electron chi connectivity index (χ0n) is 13.4. The maximum atomic E-state index is 12.9. The standard InChI is InChI=1S/C18H21NO3S/c1-14-6-5-7-15(12-14)13-23(20,21)19-11-10-18(22-2)16-8-3-4-9-17(16)19/h3-9,12,18H,10-11,13H2,1-2H3. The number of benzene rings is 2. The number of ether oxygens (including phenoxy) is 1. The summed E-state index contributed by atoms with van der Waals surface area (Å²) < 4.78 is 32.8. The van der Waals surface area contributed by atoms with E-state index < -0.39 is 10.0 Å². The topological polar surface area (TPSA) is 46.6 Å². The average Bonchev–Trinajstić information content (AvgIpc) is 2.53. The molecule has 4 nitrogen and oxygen atoms in total. The van der Waals surface area contributed by atoms with Gasteiger partial charge in [-0.1, -0.05) is 48.0 Å². The summed E-state index contributed by atoms with van der Waals surface area (Å²) in [6.45, 7) is 2.42. The van der Waals surface area contributed by atoms with Crippen LogP contribution in [0.1, 0.15) is 29.2 Å². The number of hydrogen-bond acceptors (Lipinski definition) is 3. The van der Waals surface area contributed by atoms with E-state index >= 15 is 0 Å². The van der Waals surface area contributed by atoms with E-state index in [1.165, 1.54) is 4.31 Å². The van der Waals surface area contributed by atoms with Crippen LogP contribution in [0.5, 0.6) is 0 Å². The fraction of sp³-hybridized carbons (Fsp3) is 0.333. The molecule has 0 bridgehead atoms. The third kappa shape index (κ3) is 3.26. The molecule has 0 aliphatic carbocycles. The summed E-state index contributed by atoms with van der Waals surface area (Å²) in [6, 6.07) is 15.2. The Morgan fingerprint density at radius 3 is 2.70 bits per heavy atom. The number of anilines is 1. The highest BCUT2D eigenvalue weighted by Crippen LogP contribution is 2.37. The highest BCUT2D eigenvalue weighted by atomic mass is 32.2. The Labute approximate surface area is 137 Å². The molecule has 5 heteroatoms. The number of fused-ring (bicyclic) bond motifs is 1. The van der Waals surface area contributed by atoms with Crippen molar-refractivity contribution in [2.24, 2.45) is 0 Å². The minimum atomic E-state index is -3.42. The number of sulfonamides is 1. The summed E-state index contributed by atoms with van der Waals surface area (Å²) >= 11 is 0. The molecule has 0 saturated heterocycles. The van der Waals surface area contributed by atoms with Crippen LogP contribution in [0.25, 0.3) is 0 Å². The fourth-order valence-corrected chi connectivity index (χ4v) is 4.73. The van der Waals surface area contributed by atoms with Crippen LogP contribution < -0.4 is 4.31 Å². The van der Waals surface area contributed by atoms with Gasteiger partial charge in [0.25, 0.3) is 0 Å². The summed E-state index contributed by atoms with van der Waals surface area (Å²) in [5.41, 5.74) is 3.56. The predicted molar refractivity (Wildman–Crippen MR) is 92.0 cm³/mol. The van der Waals surface area contributed by atoms with Crippen molar-refractivity contribution in [1.29, 1.82) is 0 Å². The highest BCUT2D eigenvalue weighted by molar-refractivity contribution is 7.92. The van der Waals surface area contributed by atoms with Gasteiger partial charge in [-0.15, -0.1) is 0 Å². The summed E-state index contributed by atoms with van der Waals surface area (Å²) in [5.74, 6) is 0.0145. The second-order valence-electron chi connectivity index (χ2n) is 5.89. The molecule has 3 rings (SSSR count). The number of hydrogen-bond donors (Lipinski definition) is 0. The molecule has 0 radical (unpaired) electrons. The van der Waals surface area contributed by atoms with Gasteiger partial charge in [-0.25, -0.2) is 8.42 Å². The molecule has 1 aliphatic heterocycles. The first-order valence-corrected chi connectivity index (χ1v) is 9.30. The molecule has 23 heavy (non-hydrogen) atoms. The molecular formula is C18H21NO3S. The van der Waals surface area contributed by atoms with Crippen molar-refractivity contribution < 1.29 is 13.2 Å². The van der Waals surface area contributed by atoms with Gasteiger partial charge in [0.2, 0.25) is 10.0 Å². The van der Waals surface area contributed by atoms with Gasteiger partial charge in [0.05, 0.1) is 17.5 Å². The number of para-hydroxylation sites is 1. The van der Waals surface area contributed by atoms with Crippen LogP contribution in [0.3, 0.4) is 0 Å². The molecule has 0 saturated carbocycles.